The molecule has 0 radical (unpaired) electrons. The van der Waals surface area contributed by atoms with E-state index in [0.717, 1.165) is 10.0 Å². The van der Waals surface area contributed by atoms with Gasteiger partial charge in [0.25, 0.3) is 0 Å². The molecule has 0 aliphatic carbocycles. The van der Waals surface area contributed by atoms with Gasteiger partial charge in [0.1, 0.15) is 6.10 Å². The maximum absolute atomic E-state index is 5.40. The van der Waals surface area contributed by atoms with E-state index in [4.69, 9.17) is 11.2 Å². The van der Waals surface area contributed by atoms with Crippen molar-refractivity contribution in [3.05, 3.63) is 47.0 Å². The van der Waals surface area contributed by atoms with Crippen molar-refractivity contribution in [1.82, 2.24) is 0 Å². The van der Waals surface area contributed by atoms with Crippen LogP contribution in [0.3, 0.4) is 0 Å². The molecular formula is C12H11BrO. The van der Waals surface area contributed by atoms with Crippen molar-refractivity contribution in [2.75, 3.05) is 6.61 Å². The van der Waals surface area contributed by atoms with Gasteiger partial charge in [-0.05, 0) is 17.7 Å². The van der Waals surface area contributed by atoms with Crippen molar-refractivity contribution >= 4 is 15.9 Å². The van der Waals surface area contributed by atoms with Crippen molar-refractivity contribution in [3.63, 3.8) is 0 Å². The molecule has 0 amide bonds. The standard InChI is InChI=1S/C12H11BrO/c1-3-9-14-12(4-2)10-5-7-11(13)8-6-10/h2-3,5-8,12H,1,9H2. The third-order valence-electron chi connectivity index (χ3n) is 1.70. The number of halogens is 1. The first kappa shape index (κ1) is 11.0. The van der Waals surface area contributed by atoms with Crippen molar-refractivity contribution in [3.8, 4) is 12.3 Å². The molecule has 1 aromatic carbocycles. The Hall–Kier alpha value is -1.04. The maximum Gasteiger partial charge on any atom is 0.143 e. The fraction of sp³-hybridized carbons (Fsp3) is 0.167. The Morgan fingerprint density at radius 3 is 2.64 bits per heavy atom. The van der Waals surface area contributed by atoms with Gasteiger partial charge in [-0.15, -0.1) is 13.0 Å². The summed E-state index contributed by atoms with van der Waals surface area (Å²) in [5.74, 6) is 2.59. The van der Waals surface area contributed by atoms with E-state index in [1.165, 1.54) is 0 Å². The summed E-state index contributed by atoms with van der Waals surface area (Å²) in [5.41, 5.74) is 0.984. The predicted molar refractivity (Wildman–Crippen MR) is 61.9 cm³/mol. The molecule has 14 heavy (non-hydrogen) atoms. The van der Waals surface area contributed by atoms with Gasteiger partial charge >= 0.3 is 0 Å². The van der Waals surface area contributed by atoms with Gasteiger partial charge in [0, 0.05) is 4.47 Å². The van der Waals surface area contributed by atoms with Crippen LogP contribution in [0.15, 0.2) is 41.4 Å². The van der Waals surface area contributed by atoms with E-state index < -0.39 is 0 Å². The zero-order valence-corrected chi connectivity index (χ0v) is 9.33. The average molecular weight is 251 g/mol. The fourth-order valence-corrected chi connectivity index (χ4v) is 1.31. The van der Waals surface area contributed by atoms with E-state index in [0.29, 0.717) is 6.61 Å². The third-order valence-corrected chi connectivity index (χ3v) is 2.23. The van der Waals surface area contributed by atoms with E-state index in [1.54, 1.807) is 6.08 Å². The number of hydrogen-bond donors (Lipinski definition) is 0. The van der Waals surface area contributed by atoms with Crippen molar-refractivity contribution < 1.29 is 4.74 Å². The van der Waals surface area contributed by atoms with Crippen LogP contribution in [-0.2, 0) is 4.74 Å². The number of ether oxygens (including phenoxy) is 1. The number of terminal acetylenes is 1. The quantitative estimate of drug-likeness (QED) is 0.589. The highest BCUT2D eigenvalue weighted by Gasteiger charge is 2.06. The number of hydrogen-bond acceptors (Lipinski definition) is 1. The van der Waals surface area contributed by atoms with Gasteiger partial charge in [0.15, 0.2) is 0 Å². The highest BCUT2D eigenvalue weighted by atomic mass is 79.9. The van der Waals surface area contributed by atoms with E-state index >= 15 is 0 Å². The summed E-state index contributed by atoms with van der Waals surface area (Å²) in [5, 5.41) is 0. The topological polar surface area (TPSA) is 9.23 Å². The molecule has 0 fully saturated rings. The third kappa shape index (κ3) is 3.02. The van der Waals surface area contributed by atoms with Crippen LogP contribution in [0.2, 0.25) is 0 Å². The second-order valence-corrected chi connectivity index (χ2v) is 3.64. The Morgan fingerprint density at radius 1 is 1.50 bits per heavy atom. The molecule has 0 aliphatic rings. The van der Waals surface area contributed by atoms with Gasteiger partial charge < -0.3 is 4.74 Å². The molecule has 1 rings (SSSR count). The lowest BCUT2D eigenvalue weighted by molar-refractivity contribution is 0.117. The van der Waals surface area contributed by atoms with Gasteiger partial charge in [0.05, 0.1) is 6.61 Å². The maximum atomic E-state index is 5.40. The Morgan fingerprint density at radius 2 is 2.14 bits per heavy atom. The first-order chi connectivity index (χ1) is 6.77. The normalized spacial score (nSPS) is 11.7. The van der Waals surface area contributed by atoms with Crippen LogP contribution < -0.4 is 0 Å². The van der Waals surface area contributed by atoms with Gasteiger partial charge in [-0.3, -0.25) is 0 Å². The van der Waals surface area contributed by atoms with E-state index in [1.807, 2.05) is 24.3 Å². The molecule has 0 saturated heterocycles. The molecule has 0 saturated carbocycles. The zero-order chi connectivity index (χ0) is 10.4. The lowest BCUT2D eigenvalue weighted by Crippen LogP contribution is -2.01. The Bertz CT molecular complexity index is 334. The fourth-order valence-electron chi connectivity index (χ4n) is 1.04. The smallest absolute Gasteiger partial charge is 0.143 e. The molecule has 1 unspecified atom stereocenters. The molecule has 0 spiro atoms. The number of benzene rings is 1. The lowest BCUT2D eigenvalue weighted by Gasteiger charge is -2.10. The molecule has 2 heteroatoms. The second-order valence-electron chi connectivity index (χ2n) is 2.72. The molecule has 0 heterocycles. The van der Waals surface area contributed by atoms with Crippen molar-refractivity contribution in [2.24, 2.45) is 0 Å². The minimum absolute atomic E-state index is 0.291. The summed E-state index contributed by atoms with van der Waals surface area (Å²) in [6.07, 6.45) is 6.76. The molecule has 1 nitrogen and oxygen atoms in total. The second kappa shape index (κ2) is 5.64. The Balaban J connectivity index is 2.74. The van der Waals surface area contributed by atoms with Crippen LogP contribution in [0, 0.1) is 12.3 Å². The lowest BCUT2D eigenvalue weighted by atomic mass is 10.1. The summed E-state index contributed by atoms with van der Waals surface area (Å²) in [6.45, 7) is 4.04. The zero-order valence-electron chi connectivity index (χ0n) is 7.74. The van der Waals surface area contributed by atoms with E-state index in [-0.39, 0.29) is 6.10 Å². The van der Waals surface area contributed by atoms with Gasteiger partial charge in [-0.1, -0.05) is 40.1 Å². The monoisotopic (exact) mass is 250 g/mol. The molecule has 1 aromatic rings. The summed E-state index contributed by atoms with van der Waals surface area (Å²) >= 11 is 3.36. The van der Waals surface area contributed by atoms with Crippen molar-refractivity contribution in [2.45, 2.75) is 6.10 Å². The van der Waals surface area contributed by atoms with Crippen molar-refractivity contribution in [1.29, 1.82) is 0 Å². The van der Waals surface area contributed by atoms with Gasteiger partial charge in [-0.2, -0.15) is 0 Å². The van der Waals surface area contributed by atoms with Gasteiger partial charge in [-0.25, -0.2) is 0 Å². The Labute approximate surface area is 92.9 Å². The summed E-state index contributed by atoms with van der Waals surface area (Å²) in [7, 11) is 0. The van der Waals surface area contributed by atoms with Crippen LogP contribution >= 0.6 is 15.9 Å². The average Bonchev–Trinajstić information content (AvgIpc) is 2.21. The molecule has 1 atom stereocenters. The van der Waals surface area contributed by atoms with Crippen LogP contribution in [0.25, 0.3) is 0 Å². The highest BCUT2D eigenvalue weighted by molar-refractivity contribution is 9.10. The first-order valence-electron chi connectivity index (χ1n) is 4.22. The van der Waals surface area contributed by atoms with Crippen LogP contribution in [0.4, 0.5) is 0 Å². The van der Waals surface area contributed by atoms with Crippen LogP contribution in [0.1, 0.15) is 11.7 Å². The largest absolute Gasteiger partial charge is 0.357 e. The number of rotatable bonds is 4. The minimum atomic E-state index is -0.291. The summed E-state index contributed by atoms with van der Waals surface area (Å²) < 4.78 is 6.43. The molecule has 72 valence electrons. The van der Waals surface area contributed by atoms with Gasteiger partial charge in [0.2, 0.25) is 0 Å². The van der Waals surface area contributed by atoms with E-state index in [9.17, 15) is 0 Å². The predicted octanol–water partition coefficient (Wildman–Crippen LogP) is 3.33. The summed E-state index contributed by atoms with van der Waals surface area (Å²) in [6, 6.07) is 7.77. The SMILES string of the molecule is C#CC(OCC=C)c1ccc(Br)cc1. The molecule has 0 bridgehead atoms. The Kier molecular flexibility index (Phi) is 4.45. The van der Waals surface area contributed by atoms with Crippen LogP contribution in [0.5, 0.6) is 0 Å². The van der Waals surface area contributed by atoms with E-state index in [2.05, 4.69) is 28.4 Å². The highest BCUT2D eigenvalue weighted by Crippen LogP contribution is 2.19. The summed E-state index contributed by atoms with van der Waals surface area (Å²) in [4.78, 5) is 0. The minimum Gasteiger partial charge on any atom is -0.357 e. The molecule has 0 aromatic heterocycles. The molecule has 0 aliphatic heterocycles. The van der Waals surface area contributed by atoms with Crippen LogP contribution in [-0.4, -0.2) is 6.61 Å². The molecule has 0 N–H and O–H groups in total. The molecular weight excluding hydrogens is 240 g/mol. The first-order valence-corrected chi connectivity index (χ1v) is 5.01.